The second kappa shape index (κ2) is 4.90. The molecule has 3 nitrogen and oxygen atoms in total. The first-order chi connectivity index (χ1) is 11.0. The second-order valence-electron chi connectivity index (χ2n) is 5.87. The van der Waals surface area contributed by atoms with E-state index in [9.17, 15) is 9.59 Å². The van der Waals surface area contributed by atoms with Gasteiger partial charge in [-0.2, -0.15) is 0 Å². The Morgan fingerprint density at radius 1 is 1.13 bits per heavy atom. The number of carbonyl (C=O) groups excluding carboxylic acids is 2. The summed E-state index contributed by atoms with van der Waals surface area (Å²) >= 11 is 5.93. The number of carbonyl (C=O) groups is 2. The Hall–Kier alpha value is -2.20. The zero-order chi connectivity index (χ0) is 16.2. The monoisotopic (exact) mass is 330 g/mol. The molecule has 1 aliphatic carbocycles. The highest BCUT2D eigenvalue weighted by Gasteiger charge is 2.55. The standard InChI is InChI=1S/C18H12ClFO3/c19-11-5-6-12-10(9-11)7-8-18(20,15(12)21)16-13-3-1-2-4-14(13)17(22)23-16/h1-6,9,16H,7-8H2/t16-,18-/m0/s1. The van der Waals surface area contributed by atoms with Crippen molar-refractivity contribution in [2.24, 2.45) is 0 Å². The minimum atomic E-state index is -2.25. The number of ketones is 1. The van der Waals surface area contributed by atoms with Crippen molar-refractivity contribution < 1.29 is 18.7 Å². The van der Waals surface area contributed by atoms with E-state index in [1.54, 1.807) is 36.4 Å². The highest BCUT2D eigenvalue weighted by molar-refractivity contribution is 6.30. The van der Waals surface area contributed by atoms with Crippen LogP contribution >= 0.6 is 11.6 Å². The molecule has 0 fully saturated rings. The van der Waals surface area contributed by atoms with Crippen LogP contribution in [0.4, 0.5) is 4.39 Å². The molecule has 0 radical (unpaired) electrons. The fourth-order valence-electron chi connectivity index (χ4n) is 3.38. The van der Waals surface area contributed by atoms with Gasteiger partial charge < -0.3 is 4.74 Å². The lowest BCUT2D eigenvalue weighted by Gasteiger charge is -2.33. The Labute approximate surface area is 137 Å². The summed E-state index contributed by atoms with van der Waals surface area (Å²) < 4.78 is 20.9. The van der Waals surface area contributed by atoms with Gasteiger partial charge in [0.05, 0.1) is 5.56 Å². The number of fused-ring (bicyclic) bond motifs is 2. The summed E-state index contributed by atoms with van der Waals surface area (Å²) in [6.45, 7) is 0. The van der Waals surface area contributed by atoms with Gasteiger partial charge in [-0.3, -0.25) is 4.79 Å². The predicted octanol–water partition coefficient (Wildman–Crippen LogP) is 4.09. The molecular formula is C18H12ClFO3. The van der Waals surface area contributed by atoms with Gasteiger partial charge in [0.2, 0.25) is 11.5 Å². The number of ether oxygens (including phenoxy) is 1. The number of rotatable bonds is 1. The highest BCUT2D eigenvalue weighted by atomic mass is 35.5. The molecule has 2 aliphatic rings. The summed E-state index contributed by atoms with van der Waals surface area (Å²) in [6, 6.07) is 11.4. The fourth-order valence-corrected chi connectivity index (χ4v) is 3.57. The van der Waals surface area contributed by atoms with Crippen molar-refractivity contribution in [3.63, 3.8) is 0 Å². The van der Waals surface area contributed by atoms with E-state index < -0.39 is 23.5 Å². The lowest BCUT2D eigenvalue weighted by molar-refractivity contribution is -0.0226. The molecule has 4 rings (SSSR count). The second-order valence-corrected chi connectivity index (χ2v) is 6.30. The predicted molar refractivity (Wildman–Crippen MR) is 82.5 cm³/mol. The molecule has 116 valence electrons. The number of halogens is 2. The maximum absolute atomic E-state index is 15.6. The molecule has 1 heterocycles. The van der Waals surface area contributed by atoms with Crippen LogP contribution in [0.25, 0.3) is 0 Å². The molecule has 0 saturated heterocycles. The summed E-state index contributed by atoms with van der Waals surface area (Å²) in [7, 11) is 0. The summed E-state index contributed by atoms with van der Waals surface area (Å²) in [5, 5.41) is 0.514. The van der Waals surface area contributed by atoms with Crippen LogP contribution in [0, 0.1) is 0 Å². The van der Waals surface area contributed by atoms with Crippen molar-refractivity contribution in [3.8, 4) is 0 Å². The Bertz CT molecular complexity index is 848. The van der Waals surface area contributed by atoms with Gasteiger partial charge in [0, 0.05) is 16.1 Å². The molecule has 23 heavy (non-hydrogen) atoms. The lowest BCUT2D eigenvalue weighted by atomic mass is 9.75. The largest absolute Gasteiger partial charge is 0.450 e. The molecule has 2 aromatic carbocycles. The maximum atomic E-state index is 15.6. The summed E-state index contributed by atoms with van der Waals surface area (Å²) in [6.07, 6.45) is -0.859. The van der Waals surface area contributed by atoms with Gasteiger partial charge in [0.1, 0.15) is 0 Å². The van der Waals surface area contributed by atoms with Crippen LogP contribution in [0.15, 0.2) is 42.5 Å². The number of cyclic esters (lactones) is 1. The van der Waals surface area contributed by atoms with Crippen molar-refractivity contribution in [3.05, 3.63) is 69.7 Å². The molecule has 2 atom stereocenters. The van der Waals surface area contributed by atoms with Crippen LogP contribution in [0.2, 0.25) is 5.02 Å². The molecule has 0 bridgehead atoms. The number of aryl methyl sites for hydroxylation is 1. The first kappa shape index (κ1) is 14.4. The van der Waals surface area contributed by atoms with Gasteiger partial charge in [-0.1, -0.05) is 29.8 Å². The van der Waals surface area contributed by atoms with Crippen LogP contribution in [0.1, 0.15) is 44.4 Å². The van der Waals surface area contributed by atoms with Gasteiger partial charge in [0.25, 0.3) is 0 Å². The van der Waals surface area contributed by atoms with Gasteiger partial charge in [-0.05, 0) is 42.7 Å². The van der Waals surface area contributed by atoms with E-state index >= 15 is 4.39 Å². The molecule has 0 N–H and O–H groups in total. The minimum Gasteiger partial charge on any atom is -0.450 e. The number of hydrogen-bond acceptors (Lipinski definition) is 3. The molecule has 0 saturated carbocycles. The molecule has 5 heteroatoms. The number of esters is 1. The highest BCUT2D eigenvalue weighted by Crippen LogP contribution is 2.47. The maximum Gasteiger partial charge on any atom is 0.339 e. The van der Waals surface area contributed by atoms with E-state index in [2.05, 4.69) is 0 Å². The smallest absolute Gasteiger partial charge is 0.339 e. The minimum absolute atomic E-state index is 0.0363. The summed E-state index contributed by atoms with van der Waals surface area (Å²) in [5.41, 5.74) is -0.449. The first-order valence-corrected chi connectivity index (χ1v) is 7.70. The lowest BCUT2D eigenvalue weighted by Crippen LogP contribution is -2.44. The van der Waals surface area contributed by atoms with Crippen LogP contribution in [-0.2, 0) is 11.2 Å². The first-order valence-electron chi connectivity index (χ1n) is 7.33. The topological polar surface area (TPSA) is 43.4 Å². The average Bonchev–Trinajstić information content (AvgIpc) is 2.89. The third-order valence-corrected chi connectivity index (χ3v) is 4.79. The van der Waals surface area contributed by atoms with Gasteiger partial charge in [-0.25, -0.2) is 9.18 Å². The number of benzene rings is 2. The van der Waals surface area contributed by atoms with Crippen molar-refractivity contribution in [1.29, 1.82) is 0 Å². The van der Waals surface area contributed by atoms with Crippen LogP contribution < -0.4 is 0 Å². The summed E-state index contributed by atoms with van der Waals surface area (Å²) in [5.74, 6) is -1.23. The Morgan fingerprint density at radius 2 is 1.91 bits per heavy atom. The fraction of sp³-hybridized carbons (Fsp3) is 0.222. The van der Waals surface area contributed by atoms with E-state index in [0.717, 1.165) is 5.56 Å². The van der Waals surface area contributed by atoms with Crippen molar-refractivity contribution in [2.45, 2.75) is 24.6 Å². The van der Waals surface area contributed by atoms with E-state index in [4.69, 9.17) is 16.3 Å². The molecule has 0 spiro atoms. The quantitative estimate of drug-likeness (QED) is 0.740. The summed E-state index contributed by atoms with van der Waals surface area (Å²) in [4.78, 5) is 24.7. The molecular weight excluding hydrogens is 319 g/mol. The van der Waals surface area contributed by atoms with Crippen LogP contribution in [-0.4, -0.2) is 17.4 Å². The molecule has 0 unspecified atom stereocenters. The van der Waals surface area contributed by atoms with E-state index in [1.807, 2.05) is 0 Å². The van der Waals surface area contributed by atoms with Gasteiger partial charge >= 0.3 is 5.97 Å². The average molecular weight is 331 g/mol. The van der Waals surface area contributed by atoms with Gasteiger partial charge in [-0.15, -0.1) is 0 Å². The molecule has 2 aromatic rings. The molecule has 1 aliphatic heterocycles. The third-order valence-electron chi connectivity index (χ3n) is 4.55. The number of hydrogen-bond donors (Lipinski definition) is 0. The van der Waals surface area contributed by atoms with E-state index in [1.165, 1.54) is 6.07 Å². The number of alkyl halides is 1. The Kier molecular flexibility index (Phi) is 3.07. The van der Waals surface area contributed by atoms with Crippen LogP contribution in [0.3, 0.4) is 0 Å². The van der Waals surface area contributed by atoms with Crippen LogP contribution in [0.5, 0.6) is 0 Å². The number of Topliss-reactive ketones (excluding diaryl/α,β-unsaturated/α-hetero) is 1. The SMILES string of the molecule is O=C1O[C@H]([C@]2(F)CCc3cc(Cl)ccc3C2=O)c2ccccc21. The molecule has 0 amide bonds. The zero-order valence-corrected chi connectivity index (χ0v) is 12.8. The Morgan fingerprint density at radius 3 is 2.74 bits per heavy atom. The van der Waals surface area contributed by atoms with E-state index in [-0.39, 0.29) is 6.42 Å². The third kappa shape index (κ3) is 2.01. The van der Waals surface area contributed by atoms with Crippen molar-refractivity contribution in [2.75, 3.05) is 0 Å². The normalized spacial score (nSPS) is 25.7. The van der Waals surface area contributed by atoms with E-state index in [0.29, 0.717) is 28.1 Å². The van der Waals surface area contributed by atoms with Crippen molar-refractivity contribution >= 4 is 23.4 Å². The molecule has 0 aromatic heterocycles. The zero-order valence-electron chi connectivity index (χ0n) is 12.0. The van der Waals surface area contributed by atoms with Crippen molar-refractivity contribution in [1.82, 2.24) is 0 Å². The Balaban J connectivity index is 1.80. The van der Waals surface area contributed by atoms with Gasteiger partial charge in [0.15, 0.2) is 6.10 Å².